The average molecular weight is 524 g/mol. The number of benzene rings is 3. The summed E-state index contributed by atoms with van der Waals surface area (Å²) >= 11 is 0. The van der Waals surface area contributed by atoms with Gasteiger partial charge in [0, 0.05) is 23.9 Å². The minimum absolute atomic E-state index is 0.0739. The monoisotopic (exact) mass is 523 g/mol. The summed E-state index contributed by atoms with van der Waals surface area (Å²) in [7, 11) is 0. The van der Waals surface area contributed by atoms with Crippen molar-refractivity contribution in [2.24, 2.45) is 0 Å². The van der Waals surface area contributed by atoms with E-state index in [4.69, 9.17) is 5.10 Å². The van der Waals surface area contributed by atoms with E-state index in [2.05, 4.69) is 23.6 Å². The largest absolute Gasteiger partial charge is 0.322 e. The minimum Gasteiger partial charge on any atom is -0.315 e. The number of hydrogen-bond acceptors (Lipinski definition) is 3. The Hall–Kier alpha value is -4.39. The lowest BCUT2D eigenvalue weighted by Gasteiger charge is -2.23. The molecular formula is C32H37N5O2. The molecule has 0 aliphatic carbocycles. The fraction of sp³-hybridized carbons (Fsp3) is 0.281. The van der Waals surface area contributed by atoms with Crippen LogP contribution >= 0.6 is 0 Å². The number of rotatable bonds is 9. The van der Waals surface area contributed by atoms with Gasteiger partial charge in [-0.2, -0.15) is 5.10 Å². The highest BCUT2D eigenvalue weighted by atomic mass is 16.2. The molecule has 0 fully saturated rings. The predicted molar refractivity (Wildman–Crippen MR) is 159 cm³/mol. The average Bonchev–Trinajstić information content (AvgIpc) is 3.31. The number of aromatic nitrogens is 2. The summed E-state index contributed by atoms with van der Waals surface area (Å²) in [4.78, 5) is 28.1. The Labute approximate surface area is 230 Å². The maximum atomic E-state index is 13.3. The van der Waals surface area contributed by atoms with E-state index in [-0.39, 0.29) is 18.5 Å². The van der Waals surface area contributed by atoms with Crippen molar-refractivity contribution in [2.75, 3.05) is 23.7 Å². The standard InChI is InChI=1S/C32H37N5O2/c1-6-7-17-36(32(39)33-27-15-13-22(2)18-24(27)4)21-31(38)34-30-20-28(26-11-9-8-10-12-26)35-37(30)29-16-14-23(3)19-25(29)5/h8-16,18-20H,6-7,17,21H2,1-5H3,(H,33,39)(H,34,38). The molecule has 0 aliphatic rings. The Kier molecular flexibility index (Phi) is 8.81. The van der Waals surface area contributed by atoms with Crippen molar-refractivity contribution in [3.05, 3.63) is 95.1 Å². The topological polar surface area (TPSA) is 79.3 Å². The molecule has 0 spiro atoms. The van der Waals surface area contributed by atoms with Gasteiger partial charge in [0.15, 0.2) is 0 Å². The van der Waals surface area contributed by atoms with E-state index < -0.39 is 0 Å². The summed E-state index contributed by atoms with van der Waals surface area (Å²) in [5, 5.41) is 10.8. The first kappa shape index (κ1) is 27.6. The summed E-state index contributed by atoms with van der Waals surface area (Å²) in [6.45, 7) is 10.5. The molecule has 0 atom stereocenters. The van der Waals surface area contributed by atoms with Crippen LogP contribution in [0.2, 0.25) is 0 Å². The fourth-order valence-corrected chi connectivity index (χ4v) is 4.55. The Morgan fingerprint density at radius 3 is 2.21 bits per heavy atom. The van der Waals surface area contributed by atoms with E-state index in [1.165, 1.54) is 0 Å². The molecule has 0 radical (unpaired) electrons. The second kappa shape index (κ2) is 12.4. The zero-order chi connectivity index (χ0) is 27.9. The van der Waals surface area contributed by atoms with Crippen LogP contribution in [-0.4, -0.2) is 39.7 Å². The first-order valence-electron chi connectivity index (χ1n) is 13.4. The summed E-state index contributed by atoms with van der Waals surface area (Å²) < 4.78 is 1.77. The minimum atomic E-state index is -0.293. The molecule has 0 unspecified atom stereocenters. The van der Waals surface area contributed by atoms with Crippen molar-refractivity contribution in [3.63, 3.8) is 0 Å². The van der Waals surface area contributed by atoms with Gasteiger partial charge < -0.3 is 15.5 Å². The maximum Gasteiger partial charge on any atom is 0.322 e. The van der Waals surface area contributed by atoms with Crippen LogP contribution in [0.3, 0.4) is 0 Å². The number of amides is 3. The lowest BCUT2D eigenvalue weighted by atomic mass is 10.1. The van der Waals surface area contributed by atoms with Gasteiger partial charge >= 0.3 is 6.03 Å². The summed E-state index contributed by atoms with van der Waals surface area (Å²) in [6, 6.07) is 23.5. The Morgan fingerprint density at radius 2 is 1.54 bits per heavy atom. The molecule has 0 saturated heterocycles. The smallest absolute Gasteiger partial charge is 0.315 e. The van der Waals surface area contributed by atoms with E-state index in [9.17, 15) is 9.59 Å². The van der Waals surface area contributed by atoms with Crippen molar-refractivity contribution in [3.8, 4) is 16.9 Å². The number of nitrogens with one attached hydrogen (secondary N) is 2. The number of carbonyl (C=O) groups excluding carboxylic acids is 2. The van der Waals surface area contributed by atoms with E-state index >= 15 is 0 Å². The highest BCUT2D eigenvalue weighted by Gasteiger charge is 2.20. The third-order valence-electron chi connectivity index (χ3n) is 6.65. The zero-order valence-electron chi connectivity index (χ0n) is 23.4. The highest BCUT2D eigenvalue weighted by Crippen LogP contribution is 2.27. The first-order valence-corrected chi connectivity index (χ1v) is 13.4. The number of hydrogen-bond donors (Lipinski definition) is 2. The van der Waals surface area contributed by atoms with E-state index in [0.29, 0.717) is 12.4 Å². The first-order chi connectivity index (χ1) is 18.7. The zero-order valence-corrected chi connectivity index (χ0v) is 23.4. The van der Waals surface area contributed by atoms with Crippen molar-refractivity contribution in [1.29, 1.82) is 0 Å². The molecule has 1 aromatic heterocycles. The molecule has 0 aliphatic heterocycles. The number of carbonyl (C=O) groups is 2. The molecule has 39 heavy (non-hydrogen) atoms. The molecule has 202 valence electrons. The van der Waals surface area contributed by atoms with Crippen molar-refractivity contribution >= 4 is 23.4 Å². The van der Waals surface area contributed by atoms with Gasteiger partial charge in [-0.05, 0) is 57.4 Å². The lowest BCUT2D eigenvalue weighted by Crippen LogP contribution is -2.41. The number of nitrogens with zero attached hydrogens (tertiary/aromatic N) is 3. The van der Waals surface area contributed by atoms with Crippen LogP contribution in [0, 0.1) is 27.7 Å². The number of urea groups is 1. The van der Waals surface area contributed by atoms with Crippen LogP contribution in [0.15, 0.2) is 72.8 Å². The molecule has 4 aromatic rings. The van der Waals surface area contributed by atoms with Gasteiger partial charge in [-0.25, -0.2) is 9.48 Å². The molecule has 7 nitrogen and oxygen atoms in total. The Morgan fingerprint density at radius 1 is 0.846 bits per heavy atom. The van der Waals surface area contributed by atoms with Gasteiger partial charge in [0.25, 0.3) is 0 Å². The predicted octanol–water partition coefficient (Wildman–Crippen LogP) is 7.05. The Balaban J connectivity index is 1.58. The molecule has 1 heterocycles. The highest BCUT2D eigenvalue weighted by molar-refractivity contribution is 5.97. The van der Waals surface area contributed by atoms with Gasteiger partial charge in [-0.3, -0.25) is 4.79 Å². The van der Waals surface area contributed by atoms with Crippen LogP contribution in [0.25, 0.3) is 16.9 Å². The number of unbranched alkanes of at least 4 members (excludes halogenated alkanes) is 1. The number of anilines is 2. The van der Waals surface area contributed by atoms with Crippen LogP contribution in [0.4, 0.5) is 16.3 Å². The molecule has 4 rings (SSSR count). The van der Waals surface area contributed by atoms with Crippen LogP contribution in [-0.2, 0) is 4.79 Å². The second-order valence-corrected chi connectivity index (χ2v) is 10.1. The van der Waals surface area contributed by atoms with Gasteiger partial charge in [-0.15, -0.1) is 0 Å². The fourth-order valence-electron chi connectivity index (χ4n) is 4.55. The summed E-state index contributed by atoms with van der Waals surface area (Å²) in [5.41, 5.74) is 7.64. The van der Waals surface area contributed by atoms with Gasteiger partial charge in [0.2, 0.25) is 5.91 Å². The molecule has 7 heteroatoms. The summed E-state index contributed by atoms with van der Waals surface area (Å²) in [6.07, 6.45) is 1.71. The summed E-state index contributed by atoms with van der Waals surface area (Å²) in [5.74, 6) is 0.267. The van der Waals surface area contributed by atoms with Crippen molar-refractivity contribution in [1.82, 2.24) is 14.7 Å². The molecule has 0 bridgehead atoms. The van der Waals surface area contributed by atoms with Crippen molar-refractivity contribution < 1.29 is 9.59 Å². The molecular weight excluding hydrogens is 486 g/mol. The second-order valence-electron chi connectivity index (χ2n) is 10.1. The lowest BCUT2D eigenvalue weighted by molar-refractivity contribution is -0.116. The van der Waals surface area contributed by atoms with Gasteiger partial charge in [-0.1, -0.05) is 79.1 Å². The SMILES string of the molecule is CCCCN(CC(=O)Nc1cc(-c2ccccc2)nn1-c1ccc(C)cc1C)C(=O)Nc1ccc(C)cc1C. The van der Waals surface area contributed by atoms with Crippen molar-refractivity contribution in [2.45, 2.75) is 47.5 Å². The maximum absolute atomic E-state index is 13.3. The van der Waals surface area contributed by atoms with Crippen LogP contribution in [0.1, 0.15) is 42.0 Å². The van der Waals surface area contributed by atoms with E-state index in [1.807, 2.05) is 94.4 Å². The van der Waals surface area contributed by atoms with Gasteiger partial charge in [0.1, 0.15) is 12.4 Å². The third-order valence-corrected chi connectivity index (χ3v) is 6.65. The van der Waals surface area contributed by atoms with Crippen LogP contribution in [0.5, 0.6) is 0 Å². The molecule has 2 N–H and O–H groups in total. The third kappa shape index (κ3) is 6.93. The number of aryl methyl sites for hydroxylation is 4. The molecule has 3 amide bonds. The van der Waals surface area contributed by atoms with E-state index in [0.717, 1.165) is 57.7 Å². The van der Waals surface area contributed by atoms with Gasteiger partial charge in [0.05, 0.1) is 11.4 Å². The van der Waals surface area contributed by atoms with Crippen LogP contribution < -0.4 is 10.6 Å². The van der Waals surface area contributed by atoms with E-state index in [1.54, 1.807) is 9.58 Å². The quantitative estimate of drug-likeness (QED) is 0.247. The molecule has 0 saturated carbocycles. The Bertz CT molecular complexity index is 1460. The normalized spacial score (nSPS) is 10.8. The molecule has 3 aromatic carbocycles.